The molecule has 1 saturated heterocycles. The van der Waals surface area contributed by atoms with Gasteiger partial charge in [0.05, 0.1) is 12.1 Å². The number of aromatic nitrogens is 2. The van der Waals surface area contributed by atoms with Crippen molar-refractivity contribution in [2.75, 3.05) is 39.8 Å². The molecule has 0 saturated carbocycles. The van der Waals surface area contributed by atoms with Gasteiger partial charge in [0.1, 0.15) is 6.26 Å². The molecule has 10 heteroatoms. The van der Waals surface area contributed by atoms with Crippen molar-refractivity contribution >= 4 is 16.8 Å². The van der Waals surface area contributed by atoms with Crippen molar-refractivity contribution in [3.05, 3.63) is 89.3 Å². The van der Waals surface area contributed by atoms with Crippen LogP contribution in [0.1, 0.15) is 33.1 Å². The van der Waals surface area contributed by atoms with Crippen molar-refractivity contribution in [1.29, 1.82) is 0 Å². The molecule has 2 aromatic carbocycles. The van der Waals surface area contributed by atoms with Crippen LogP contribution in [-0.4, -0.2) is 70.3 Å². The van der Waals surface area contributed by atoms with E-state index in [0.717, 1.165) is 53.7 Å². The van der Waals surface area contributed by atoms with Gasteiger partial charge in [-0.1, -0.05) is 30.3 Å². The lowest BCUT2D eigenvalue weighted by Gasteiger charge is -2.31. The van der Waals surface area contributed by atoms with Gasteiger partial charge in [-0.15, -0.1) is 0 Å². The van der Waals surface area contributed by atoms with Crippen molar-refractivity contribution in [2.45, 2.75) is 25.7 Å². The number of para-hydroxylation sites is 1. The number of carbonyl (C=O) groups excluding carboxylic acids is 1. The van der Waals surface area contributed by atoms with Crippen LogP contribution in [0.2, 0.25) is 0 Å². The molecule has 0 unspecified atom stereocenters. The topological polar surface area (TPSA) is 68.6 Å². The lowest BCUT2D eigenvalue weighted by Crippen LogP contribution is -2.47. The summed E-state index contributed by atoms with van der Waals surface area (Å²) in [6.07, 6.45) is -0.276. The van der Waals surface area contributed by atoms with Crippen LogP contribution in [0.4, 0.5) is 13.2 Å². The largest absolute Gasteiger partial charge is 0.447 e. The van der Waals surface area contributed by atoms with E-state index in [2.05, 4.69) is 25.8 Å². The molecule has 1 aliphatic heterocycles. The van der Waals surface area contributed by atoms with Gasteiger partial charge in [0.15, 0.2) is 5.69 Å². The second kappa shape index (κ2) is 11.0. The number of rotatable bonds is 8. The third-order valence-corrected chi connectivity index (χ3v) is 6.98. The van der Waals surface area contributed by atoms with E-state index in [-0.39, 0.29) is 11.6 Å². The summed E-state index contributed by atoms with van der Waals surface area (Å²) in [5.41, 5.74) is 2.55. The number of benzene rings is 2. The standard InChI is InChI=1S/C28H30F3N5O2/c1-34-12-14-36(15-13-34)27(37)25-19-38-26(33-25)18-35(17-20-6-8-22(9-7-20)28(29,30)31)11-10-21-16-32-24-5-3-2-4-23(21)24/h2-9,16,19,32H,10-15,17-18H2,1H3. The minimum absolute atomic E-state index is 0.152. The summed E-state index contributed by atoms with van der Waals surface area (Å²) in [6, 6.07) is 13.2. The van der Waals surface area contributed by atoms with E-state index in [1.807, 2.05) is 31.4 Å². The third-order valence-electron chi connectivity index (χ3n) is 6.98. The smallest absolute Gasteiger partial charge is 0.416 e. The molecule has 0 aliphatic carbocycles. The molecule has 3 heterocycles. The van der Waals surface area contributed by atoms with Gasteiger partial charge in [-0.2, -0.15) is 13.2 Å². The van der Waals surface area contributed by atoms with Crippen LogP contribution in [0.5, 0.6) is 0 Å². The number of hydrogen-bond acceptors (Lipinski definition) is 5. The SMILES string of the molecule is CN1CCN(C(=O)c2coc(CN(CCc3c[nH]c4ccccc34)Cc3ccc(C(F)(F)F)cc3)n2)CC1. The number of nitrogens with zero attached hydrogens (tertiary/aromatic N) is 4. The summed E-state index contributed by atoms with van der Waals surface area (Å²) in [5.74, 6) is 0.245. The fraction of sp³-hybridized carbons (Fsp3) is 0.357. The molecule has 1 N–H and O–H groups in total. The van der Waals surface area contributed by atoms with Gasteiger partial charge in [0.25, 0.3) is 5.91 Å². The Kier molecular flexibility index (Phi) is 7.53. The van der Waals surface area contributed by atoms with Gasteiger partial charge in [-0.3, -0.25) is 9.69 Å². The van der Waals surface area contributed by atoms with Crippen molar-refractivity contribution in [3.8, 4) is 0 Å². The van der Waals surface area contributed by atoms with Gasteiger partial charge in [0.2, 0.25) is 5.89 Å². The Morgan fingerprint density at radius 2 is 1.79 bits per heavy atom. The normalized spacial score (nSPS) is 15.0. The van der Waals surface area contributed by atoms with E-state index in [9.17, 15) is 18.0 Å². The number of aromatic amines is 1. The molecule has 0 spiro atoms. The Morgan fingerprint density at radius 3 is 2.53 bits per heavy atom. The average molecular weight is 526 g/mol. The number of hydrogen-bond donors (Lipinski definition) is 1. The Morgan fingerprint density at radius 1 is 1.05 bits per heavy atom. The number of nitrogens with one attached hydrogen (secondary N) is 1. The second-order valence-electron chi connectivity index (χ2n) is 9.74. The number of fused-ring (bicyclic) bond motifs is 1. The molecule has 5 rings (SSSR count). The van der Waals surface area contributed by atoms with E-state index in [1.165, 1.54) is 18.4 Å². The lowest BCUT2D eigenvalue weighted by atomic mass is 10.1. The quantitative estimate of drug-likeness (QED) is 0.358. The first-order valence-electron chi connectivity index (χ1n) is 12.6. The van der Waals surface area contributed by atoms with Gasteiger partial charge in [-0.25, -0.2) is 4.98 Å². The molecule has 1 fully saturated rings. The number of piperazine rings is 1. The fourth-order valence-electron chi connectivity index (χ4n) is 4.73. The minimum Gasteiger partial charge on any atom is -0.447 e. The molecule has 0 bridgehead atoms. The van der Waals surface area contributed by atoms with Crippen LogP contribution in [-0.2, 0) is 25.7 Å². The molecule has 1 aliphatic rings. The number of oxazole rings is 1. The molecule has 0 radical (unpaired) electrons. The second-order valence-corrected chi connectivity index (χ2v) is 9.74. The van der Waals surface area contributed by atoms with Crippen molar-refractivity contribution in [2.24, 2.45) is 0 Å². The lowest BCUT2D eigenvalue weighted by molar-refractivity contribution is -0.137. The van der Waals surface area contributed by atoms with Gasteiger partial charge in [-0.05, 0) is 42.8 Å². The van der Waals surface area contributed by atoms with E-state index in [1.54, 1.807) is 4.90 Å². The summed E-state index contributed by atoms with van der Waals surface area (Å²) in [7, 11) is 2.03. The predicted octanol–water partition coefficient (Wildman–Crippen LogP) is 4.81. The van der Waals surface area contributed by atoms with Crippen LogP contribution >= 0.6 is 0 Å². The highest BCUT2D eigenvalue weighted by Crippen LogP contribution is 2.29. The Labute approximate surface area is 218 Å². The number of amides is 1. The molecule has 2 aromatic heterocycles. The number of likely N-dealkylation sites (N-methyl/N-ethyl adjacent to an activating group) is 1. The van der Waals surface area contributed by atoms with Gasteiger partial charge < -0.3 is 19.2 Å². The monoisotopic (exact) mass is 525 g/mol. The fourth-order valence-corrected chi connectivity index (χ4v) is 4.73. The zero-order chi connectivity index (χ0) is 26.7. The van der Waals surface area contributed by atoms with E-state index >= 15 is 0 Å². The first-order chi connectivity index (χ1) is 18.3. The molecular formula is C28H30F3N5O2. The molecule has 38 heavy (non-hydrogen) atoms. The van der Waals surface area contributed by atoms with Crippen LogP contribution in [0.15, 0.2) is 65.4 Å². The predicted molar refractivity (Wildman–Crippen MR) is 137 cm³/mol. The first kappa shape index (κ1) is 26.0. The highest BCUT2D eigenvalue weighted by molar-refractivity contribution is 5.92. The maximum atomic E-state index is 13.0. The summed E-state index contributed by atoms with van der Waals surface area (Å²) in [6.45, 7) is 4.25. The Bertz CT molecular complexity index is 1370. The van der Waals surface area contributed by atoms with Crippen molar-refractivity contribution in [1.82, 2.24) is 24.7 Å². The summed E-state index contributed by atoms with van der Waals surface area (Å²) >= 11 is 0. The maximum absolute atomic E-state index is 13.0. The highest BCUT2D eigenvalue weighted by Gasteiger charge is 2.30. The Balaban J connectivity index is 1.30. The Hall–Kier alpha value is -3.63. The third kappa shape index (κ3) is 6.08. The zero-order valence-corrected chi connectivity index (χ0v) is 21.2. The minimum atomic E-state index is -4.38. The van der Waals surface area contributed by atoms with Crippen LogP contribution in [0, 0.1) is 0 Å². The molecule has 4 aromatic rings. The van der Waals surface area contributed by atoms with Crippen molar-refractivity contribution < 1.29 is 22.4 Å². The van der Waals surface area contributed by atoms with Crippen LogP contribution in [0.25, 0.3) is 10.9 Å². The molecule has 7 nitrogen and oxygen atoms in total. The summed E-state index contributed by atoms with van der Waals surface area (Å²) in [5, 5.41) is 1.14. The number of halogens is 3. The number of alkyl halides is 3. The highest BCUT2D eigenvalue weighted by atomic mass is 19.4. The van der Waals surface area contributed by atoms with Gasteiger partial charge >= 0.3 is 6.18 Å². The van der Waals surface area contributed by atoms with E-state index in [0.29, 0.717) is 38.6 Å². The number of H-pyrrole nitrogens is 1. The molecule has 200 valence electrons. The summed E-state index contributed by atoms with van der Waals surface area (Å²) in [4.78, 5) is 26.6. The van der Waals surface area contributed by atoms with Crippen molar-refractivity contribution in [3.63, 3.8) is 0 Å². The van der Waals surface area contributed by atoms with Crippen LogP contribution in [0.3, 0.4) is 0 Å². The summed E-state index contributed by atoms with van der Waals surface area (Å²) < 4.78 is 44.8. The van der Waals surface area contributed by atoms with E-state index < -0.39 is 11.7 Å². The number of carbonyl (C=O) groups is 1. The van der Waals surface area contributed by atoms with Crippen LogP contribution < -0.4 is 0 Å². The molecule has 1 amide bonds. The zero-order valence-electron chi connectivity index (χ0n) is 21.2. The molecule has 0 atom stereocenters. The maximum Gasteiger partial charge on any atom is 0.416 e. The van der Waals surface area contributed by atoms with Gasteiger partial charge in [0, 0.05) is 56.4 Å². The van der Waals surface area contributed by atoms with E-state index in [4.69, 9.17) is 4.42 Å². The first-order valence-corrected chi connectivity index (χ1v) is 12.6. The molecular weight excluding hydrogens is 495 g/mol. The average Bonchev–Trinajstić information content (AvgIpc) is 3.54.